The van der Waals surface area contributed by atoms with Crippen LogP contribution in [0.3, 0.4) is 0 Å². The van der Waals surface area contributed by atoms with E-state index in [0.717, 1.165) is 12.1 Å². The minimum absolute atomic E-state index is 0.312. The van der Waals surface area contributed by atoms with Crippen LogP contribution in [0, 0.1) is 0 Å². The molecule has 0 aromatic heterocycles. The summed E-state index contributed by atoms with van der Waals surface area (Å²) in [7, 11) is 0. The third-order valence-electron chi connectivity index (χ3n) is 3.49. The molecule has 0 heterocycles. The molecule has 2 aliphatic carbocycles. The number of allylic oxidation sites excluding steroid dienone is 8. The van der Waals surface area contributed by atoms with Crippen molar-refractivity contribution in [1.82, 2.24) is 2.89 Å². The maximum atomic E-state index is 2.54. The summed E-state index contributed by atoms with van der Waals surface area (Å²) in [5.41, 5.74) is 0. The van der Waals surface area contributed by atoms with Gasteiger partial charge in [-0.1, -0.05) is 0 Å². The van der Waals surface area contributed by atoms with E-state index in [1.165, 1.54) is 12.8 Å². The maximum absolute atomic E-state index is 2.54. The second kappa shape index (κ2) is 9.58. The SMILES string of the molecule is C1=CC[C]([Zr][C]2=CC=CC2)=C1.CC(C)[N]([InH2])C(C)C. The Morgan fingerprint density at radius 2 is 1.37 bits per heavy atom. The summed E-state index contributed by atoms with van der Waals surface area (Å²) in [6, 6.07) is 1.54. The Hall–Kier alpha value is 0.673. The topological polar surface area (TPSA) is 3.24 Å². The summed E-state index contributed by atoms with van der Waals surface area (Å²) in [4.78, 5) is 0. The first-order chi connectivity index (χ1) is 9.00. The predicted molar refractivity (Wildman–Crippen MR) is 84.3 cm³/mol. The molecular formula is C16H26InNZr. The molecular weight excluding hydrogens is 412 g/mol. The molecule has 19 heavy (non-hydrogen) atoms. The third kappa shape index (κ3) is 7.30. The molecule has 0 bridgehead atoms. The second-order valence-electron chi connectivity index (χ2n) is 5.63. The summed E-state index contributed by atoms with van der Waals surface area (Å²) in [6.45, 7) is 9.04. The van der Waals surface area contributed by atoms with Gasteiger partial charge in [0.15, 0.2) is 0 Å². The van der Waals surface area contributed by atoms with E-state index in [9.17, 15) is 0 Å². The Kier molecular flexibility index (Phi) is 8.94. The molecule has 3 heteroatoms. The molecule has 1 nitrogen and oxygen atoms in total. The molecule has 0 aliphatic heterocycles. The molecule has 0 N–H and O–H groups in total. The van der Waals surface area contributed by atoms with Gasteiger partial charge >= 0.3 is 146 Å². The van der Waals surface area contributed by atoms with E-state index >= 15 is 0 Å². The molecule has 0 fully saturated rings. The van der Waals surface area contributed by atoms with Crippen molar-refractivity contribution >= 4 is 24.7 Å². The van der Waals surface area contributed by atoms with E-state index in [-0.39, 0.29) is 23.2 Å². The van der Waals surface area contributed by atoms with E-state index in [2.05, 4.69) is 67.0 Å². The number of rotatable bonds is 4. The Morgan fingerprint density at radius 1 is 0.947 bits per heavy atom. The number of hydrogen-bond donors (Lipinski definition) is 0. The zero-order valence-corrected chi connectivity index (χ0v) is 21.1. The quantitative estimate of drug-likeness (QED) is 0.651. The first kappa shape index (κ1) is 17.7. The van der Waals surface area contributed by atoms with Crippen LogP contribution in [0.25, 0.3) is 0 Å². The first-order valence-electron chi connectivity index (χ1n) is 7.21. The van der Waals surface area contributed by atoms with Gasteiger partial charge in [-0.25, -0.2) is 0 Å². The van der Waals surface area contributed by atoms with Gasteiger partial charge in [0.2, 0.25) is 0 Å². The van der Waals surface area contributed by atoms with Crippen molar-refractivity contribution in [1.29, 1.82) is 0 Å². The van der Waals surface area contributed by atoms with Crippen molar-refractivity contribution < 1.29 is 23.2 Å². The van der Waals surface area contributed by atoms with Crippen LogP contribution in [-0.4, -0.2) is 39.6 Å². The zero-order valence-electron chi connectivity index (χ0n) is 13.0. The molecule has 0 spiro atoms. The Balaban J connectivity index is 0.000000203. The fraction of sp³-hybridized carbons (Fsp3) is 0.500. The van der Waals surface area contributed by atoms with E-state index in [1.807, 2.05) is 0 Å². The normalized spacial score (nSPS) is 16.8. The van der Waals surface area contributed by atoms with Gasteiger partial charge in [0, 0.05) is 0 Å². The van der Waals surface area contributed by atoms with Crippen molar-refractivity contribution in [3.05, 3.63) is 43.0 Å². The monoisotopic (exact) mass is 437 g/mol. The molecule has 0 amide bonds. The van der Waals surface area contributed by atoms with E-state index in [4.69, 9.17) is 0 Å². The van der Waals surface area contributed by atoms with Gasteiger partial charge in [-0.05, 0) is 0 Å². The Morgan fingerprint density at radius 3 is 1.58 bits per heavy atom. The second-order valence-corrected chi connectivity index (χ2v) is 12.3. The Bertz CT molecular complexity index is 356. The van der Waals surface area contributed by atoms with E-state index in [1.54, 1.807) is 6.56 Å². The van der Waals surface area contributed by atoms with Crippen molar-refractivity contribution in [2.45, 2.75) is 52.6 Å². The summed E-state index contributed by atoms with van der Waals surface area (Å²) in [6.07, 6.45) is 16.0. The van der Waals surface area contributed by atoms with Crippen LogP contribution < -0.4 is 0 Å². The van der Waals surface area contributed by atoms with Gasteiger partial charge in [0.05, 0.1) is 0 Å². The minimum atomic E-state index is -0.312. The zero-order chi connectivity index (χ0) is 14.3. The molecule has 0 radical (unpaired) electrons. The molecule has 0 unspecified atom stereocenters. The summed E-state index contributed by atoms with van der Waals surface area (Å²) >= 11 is 0.390. The van der Waals surface area contributed by atoms with Crippen LogP contribution in [0.2, 0.25) is 0 Å². The van der Waals surface area contributed by atoms with Crippen LogP contribution in [0.4, 0.5) is 0 Å². The molecule has 0 aromatic rings. The van der Waals surface area contributed by atoms with Gasteiger partial charge in [-0.3, -0.25) is 0 Å². The van der Waals surface area contributed by atoms with Crippen LogP contribution in [0.15, 0.2) is 43.0 Å². The van der Waals surface area contributed by atoms with Crippen molar-refractivity contribution in [3.8, 4) is 0 Å². The van der Waals surface area contributed by atoms with Crippen molar-refractivity contribution in [2.24, 2.45) is 0 Å². The predicted octanol–water partition coefficient (Wildman–Crippen LogP) is 3.41. The fourth-order valence-electron chi connectivity index (χ4n) is 1.88. The molecule has 102 valence electrons. The number of hydrogen-bond acceptors (Lipinski definition) is 1. The summed E-state index contributed by atoms with van der Waals surface area (Å²) < 4.78 is 5.99. The average molecular weight is 438 g/mol. The third-order valence-corrected chi connectivity index (χ3v) is 12.8. The average Bonchev–Trinajstić information content (AvgIpc) is 3.02. The van der Waals surface area contributed by atoms with Crippen LogP contribution >= 0.6 is 0 Å². The van der Waals surface area contributed by atoms with Gasteiger partial charge in [-0.2, -0.15) is 0 Å². The molecule has 2 aliphatic rings. The molecule has 0 aromatic carbocycles. The Labute approximate surface area is 145 Å². The molecule has 2 rings (SSSR count). The van der Waals surface area contributed by atoms with Crippen LogP contribution in [0.5, 0.6) is 0 Å². The molecule has 0 atom stereocenters. The van der Waals surface area contributed by atoms with Gasteiger partial charge in [0.1, 0.15) is 0 Å². The summed E-state index contributed by atoms with van der Waals surface area (Å²) in [5, 5.41) is 0. The fourth-order valence-corrected chi connectivity index (χ4v) is 4.86. The molecule has 0 saturated carbocycles. The van der Waals surface area contributed by atoms with Gasteiger partial charge in [-0.15, -0.1) is 0 Å². The summed E-state index contributed by atoms with van der Waals surface area (Å²) in [5.74, 6) is 0. The number of nitrogens with zero attached hydrogens (tertiary/aromatic N) is 1. The van der Waals surface area contributed by atoms with Crippen molar-refractivity contribution in [2.75, 3.05) is 0 Å². The van der Waals surface area contributed by atoms with Gasteiger partial charge < -0.3 is 0 Å². The molecule has 0 saturated heterocycles. The van der Waals surface area contributed by atoms with Crippen LogP contribution in [0.1, 0.15) is 40.5 Å². The van der Waals surface area contributed by atoms with Crippen LogP contribution in [-0.2, 0) is 23.2 Å². The standard InChI is InChI=1S/C6H14N.2C5H5.In.Zr.2H/c1-5(2)7-6(3)4;2*1-2-4-5-3-1;;;;/h5-6H,1-4H3;2*1-3H,4H2;;;;/q-1;;;+1;;;. The van der Waals surface area contributed by atoms with Gasteiger partial charge in [0.25, 0.3) is 0 Å². The van der Waals surface area contributed by atoms with E-state index < -0.39 is 0 Å². The first-order valence-corrected chi connectivity index (χ1v) is 12.2. The van der Waals surface area contributed by atoms with E-state index in [0.29, 0.717) is 24.7 Å². The van der Waals surface area contributed by atoms with Crippen molar-refractivity contribution in [3.63, 3.8) is 0 Å².